The van der Waals surface area contributed by atoms with Gasteiger partial charge in [0, 0.05) is 18.0 Å². The molecule has 1 fully saturated rings. The molecule has 84 valence electrons. The van der Waals surface area contributed by atoms with E-state index >= 15 is 0 Å². The van der Waals surface area contributed by atoms with Crippen molar-refractivity contribution in [2.45, 2.75) is 13.0 Å². The van der Waals surface area contributed by atoms with Gasteiger partial charge in [-0.25, -0.2) is 0 Å². The van der Waals surface area contributed by atoms with Crippen molar-refractivity contribution in [3.8, 4) is 0 Å². The minimum absolute atomic E-state index is 0.846. The molecular formula is C11H17BrN2S. The zero-order valence-electron chi connectivity index (χ0n) is 9.00. The topological polar surface area (TPSA) is 15.3 Å². The van der Waals surface area contributed by atoms with E-state index in [1.807, 2.05) is 11.3 Å². The van der Waals surface area contributed by atoms with Crippen LogP contribution < -0.4 is 5.32 Å². The highest BCUT2D eigenvalue weighted by molar-refractivity contribution is 9.11. The summed E-state index contributed by atoms with van der Waals surface area (Å²) in [4.78, 5) is 3.82. The summed E-state index contributed by atoms with van der Waals surface area (Å²) in [5.41, 5.74) is 0. The van der Waals surface area contributed by atoms with Crippen LogP contribution in [0, 0.1) is 5.92 Å². The number of halogens is 1. The number of nitrogens with zero attached hydrogens (tertiary/aromatic N) is 1. The normalized spacial score (nSPS) is 22.4. The lowest BCUT2D eigenvalue weighted by atomic mass is 10.1. The summed E-state index contributed by atoms with van der Waals surface area (Å²) in [5.74, 6) is 0.846. The van der Waals surface area contributed by atoms with E-state index in [0.717, 1.165) is 19.0 Å². The maximum Gasteiger partial charge on any atom is 0.0701 e. The summed E-state index contributed by atoms with van der Waals surface area (Å²) >= 11 is 5.30. The molecule has 15 heavy (non-hydrogen) atoms. The standard InChI is InChI=1S/C11H17BrN2S/c1-14-5-4-9(8-14)6-13-7-10-2-3-11(12)15-10/h2-3,9,13H,4-8H2,1H3. The maximum atomic E-state index is 3.54. The van der Waals surface area contributed by atoms with Gasteiger partial charge < -0.3 is 10.2 Å². The monoisotopic (exact) mass is 288 g/mol. The lowest BCUT2D eigenvalue weighted by Crippen LogP contribution is -2.24. The Balaban J connectivity index is 1.67. The van der Waals surface area contributed by atoms with Gasteiger partial charge in [0.05, 0.1) is 3.79 Å². The summed E-state index contributed by atoms with van der Waals surface area (Å²) in [7, 11) is 2.20. The van der Waals surface area contributed by atoms with Crippen LogP contribution in [0.2, 0.25) is 0 Å². The van der Waals surface area contributed by atoms with Crippen molar-refractivity contribution in [1.29, 1.82) is 0 Å². The van der Waals surface area contributed by atoms with Gasteiger partial charge in [0.25, 0.3) is 0 Å². The van der Waals surface area contributed by atoms with Gasteiger partial charge in [0.2, 0.25) is 0 Å². The number of rotatable bonds is 4. The predicted octanol–water partition coefficient (Wildman–Crippen LogP) is 2.55. The van der Waals surface area contributed by atoms with Crippen molar-refractivity contribution in [3.63, 3.8) is 0 Å². The minimum Gasteiger partial charge on any atom is -0.312 e. The Bertz CT molecular complexity index is 313. The molecule has 0 spiro atoms. The highest BCUT2D eigenvalue weighted by Crippen LogP contribution is 2.22. The summed E-state index contributed by atoms with van der Waals surface area (Å²) < 4.78 is 1.22. The Labute approximate surface area is 104 Å². The zero-order chi connectivity index (χ0) is 10.7. The Hall–Kier alpha value is 0.1000. The molecule has 0 aliphatic carbocycles. The molecule has 0 saturated carbocycles. The Kier molecular flexibility index (Phi) is 4.20. The third-order valence-corrected chi connectivity index (χ3v) is 4.47. The molecule has 2 heterocycles. The van der Waals surface area contributed by atoms with E-state index in [0.29, 0.717) is 0 Å². The first kappa shape index (κ1) is 11.6. The fourth-order valence-corrected chi connectivity index (χ4v) is 3.49. The molecule has 1 atom stereocenters. The largest absolute Gasteiger partial charge is 0.312 e. The Morgan fingerprint density at radius 1 is 1.60 bits per heavy atom. The third-order valence-electron chi connectivity index (χ3n) is 2.85. The molecule has 1 aromatic heterocycles. The minimum atomic E-state index is 0.846. The fourth-order valence-electron chi connectivity index (χ4n) is 2.04. The van der Waals surface area contributed by atoms with Crippen LogP contribution in [0.5, 0.6) is 0 Å². The molecule has 1 aliphatic heterocycles. The van der Waals surface area contributed by atoms with Gasteiger partial charge in [-0.3, -0.25) is 0 Å². The van der Waals surface area contributed by atoms with Crippen molar-refractivity contribution in [2.24, 2.45) is 5.92 Å². The van der Waals surface area contributed by atoms with Crippen LogP contribution in [-0.2, 0) is 6.54 Å². The van der Waals surface area contributed by atoms with Gasteiger partial charge in [0.1, 0.15) is 0 Å². The van der Waals surface area contributed by atoms with Gasteiger partial charge in [0.15, 0.2) is 0 Å². The second kappa shape index (κ2) is 5.43. The SMILES string of the molecule is CN1CCC(CNCc2ccc(Br)s2)C1. The summed E-state index contributed by atoms with van der Waals surface area (Å²) in [6.45, 7) is 4.67. The quantitative estimate of drug-likeness (QED) is 0.916. The Morgan fingerprint density at radius 2 is 2.47 bits per heavy atom. The molecule has 0 radical (unpaired) electrons. The first-order chi connectivity index (χ1) is 7.24. The van der Waals surface area contributed by atoms with Crippen LogP contribution in [0.1, 0.15) is 11.3 Å². The van der Waals surface area contributed by atoms with Crippen molar-refractivity contribution < 1.29 is 0 Å². The number of nitrogens with one attached hydrogen (secondary N) is 1. The zero-order valence-corrected chi connectivity index (χ0v) is 11.4. The average molecular weight is 289 g/mol. The van der Waals surface area contributed by atoms with E-state index in [1.165, 1.54) is 28.2 Å². The van der Waals surface area contributed by atoms with Gasteiger partial charge in [-0.1, -0.05) is 0 Å². The van der Waals surface area contributed by atoms with Gasteiger partial charge in [-0.2, -0.15) is 0 Å². The highest BCUT2D eigenvalue weighted by atomic mass is 79.9. The molecular weight excluding hydrogens is 272 g/mol. The average Bonchev–Trinajstić information content (AvgIpc) is 2.76. The van der Waals surface area contributed by atoms with Crippen LogP contribution in [-0.4, -0.2) is 31.6 Å². The van der Waals surface area contributed by atoms with E-state index in [1.54, 1.807) is 0 Å². The van der Waals surface area contributed by atoms with E-state index in [4.69, 9.17) is 0 Å². The first-order valence-electron chi connectivity index (χ1n) is 5.37. The van der Waals surface area contributed by atoms with Crippen molar-refractivity contribution in [2.75, 3.05) is 26.7 Å². The first-order valence-corrected chi connectivity index (χ1v) is 6.98. The molecule has 2 rings (SSSR count). The molecule has 0 amide bonds. The molecule has 2 nitrogen and oxygen atoms in total. The van der Waals surface area contributed by atoms with Crippen molar-refractivity contribution >= 4 is 27.3 Å². The fraction of sp³-hybridized carbons (Fsp3) is 0.636. The predicted molar refractivity (Wildman–Crippen MR) is 69.3 cm³/mol. The molecule has 1 N–H and O–H groups in total. The number of hydrogen-bond acceptors (Lipinski definition) is 3. The Morgan fingerprint density at radius 3 is 3.07 bits per heavy atom. The van der Waals surface area contributed by atoms with E-state index < -0.39 is 0 Å². The van der Waals surface area contributed by atoms with Crippen LogP contribution in [0.25, 0.3) is 0 Å². The molecule has 1 aromatic rings. The third kappa shape index (κ3) is 3.55. The van der Waals surface area contributed by atoms with Crippen LogP contribution in [0.15, 0.2) is 15.9 Å². The molecule has 1 aliphatic rings. The van der Waals surface area contributed by atoms with E-state index in [9.17, 15) is 0 Å². The van der Waals surface area contributed by atoms with E-state index in [-0.39, 0.29) is 0 Å². The van der Waals surface area contributed by atoms with Crippen LogP contribution in [0.4, 0.5) is 0 Å². The molecule has 1 saturated heterocycles. The van der Waals surface area contributed by atoms with Crippen molar-refractivity contribution in [1.82, 2.24) is 10.2 Å². The molecule has 0 bridgehead atoms. The van der Waals surface area contributed by atoms with E-state index in [2.05, 4.69) is 45.3 Å². The maximum absolute atomic E-state index is 3.54. The smallest absolute Gasteiger partial charge is 0.0701 e. The van der Waals surface area contributed by atoms with Gasteiger partial charge in [-0.15, -0.1) is 11.3 Å². The van der Waals surface area contributed by atoms with Gasteiger partial charge >= 0.3 is 0 Å². The molecule has 1 unspecified atom stereocenters. The van der Waals surface area contributed by atoms with Crippen molar-refractivity contribution in [3.05, 3.63) is 20.8 Å². The number of likely N-dealkylation sites (tertiary alicyclic amines) is 1. The lowest BCUT2D eigenvalue weighted by Gasteiger charge is -2.10. The molecule has 0 aromatic carbocycles. The second-order valence-electron chi connectivity index (χ2n) is 4.25. The summed E-state index contributed by atoms with van der Waals surface area (Å²) in [5, 5.41) is 3.54. The molecule has 4 heteroatoms. The summed E-state index contributed by atoms with van der Waals surface area (Å²) in [6, 6.07) is 4.30. The number of thiophene rings is 1. The highest BCUT2D eigenvalue weighted by Gasteiger charge is 2.18. The van der Waals surface area contributed by atoms with Crippen LogP contribution in [0.3, 0.4) is 0 Å². The lowest BCUT2D eigenvalue weighted by molar-refractivity contribution is 0.388. The van der Waals surface area contributed by atoms with Gasteiger partial charge in [-0.05, 0) is 60.5 Å². The van der Waals surface area contributed by atoms with Crippen LogP contribution >= 0.6 is 27.3 Å². The second-order valence-corrected chi connectivity index (χ2v) is 6.80. The number of hydrogen-bond donors (Lipinski definition) is 1. The summed E-state index contributed by atoms with van der Waals surface area (Å²) in [6.07, 6.45) is 1.34.